The highest BCUT2D eigenvalue weighted by Gasteiger charge is 2.52. The Balaban J connectivity index is 0.00000144. The van der Waals surface area contributed by atoms with Gasteiger partial charge >= 0.3 is 19.9 Å². The largest absolute Gasteiger partial charge is 0.495 e. The molecule has 9 heteroatoms. The first-order chi connectivity index (χ1) is 18.2. The smallest absolute Gasteiger partial charge is 0.494 e. The fourth-order valence-electron chi connectivity index (χ4n) is 4.56. The Morgan fingerprint density at radius 1 is 0.700 bits per heavy atom. The second-order valence-electron chi connectivity index (χ2n) is 11.9. The molecule has 1 aromatic heterocycles. The third-order valence-electron chi connectivity index (χ3n) is 8.34. The molecule has 0 spiro atoms. The summed E-state index contributed by atoms with van der Waals surface area (Å²) in [5, 5.41) is 0.687. The quantitative estimate of drug-likeness (QED) is 0.292. The average Bonchev–Trinajstić information content (AvgIpc) is 3.23. The van der Waals surface area contributed by atoms with Crippen LogP contribution in [0.25, 0.3) is 22.1 Å². The first-order valence-electron chi connectivity index (χ1n) is 13.6. The maximum atomic E-state index is 13.2. The minimum atomic E-state index is -0.562. The minimum absolute atomic E-state index is 0. The minimum Gasteiger partial charge on any atom is -0.495 e. The van der Waals surface area contributed by atoms with E-state index in [0.29, 0.717) is 27.8 Å². The number of rotatable bonds is 4. The molecule has 2 fully saturated rings. The van der Waals surface area contributed by atoms with E-state index < -0.39 is 42.3 Å². The molecule has 0 N–H and O–H groups in total. The van der Waals surface area contributed by atoms with E-state index in [1.165, 1.54) is 0 Å². The van der Waals surface area contributed by atoms with E-state index in [9.17, 15) is 4.79 Å². The topological polar surface area (TPSA) is 76.4 Å². The zero-order chi connectivity index (χ0) is 29.0. The maximum absolute atomic E-state index is 13.2. The van der Waals surface area contributed by atoms with Crippen LogP contribution in [0, 0.1) is 0 Å². The lowest BCUT2D eigenvalue weighted by Crippen LogP contribution is -2.41. The van der Waals surface area contributed by atoms with Gasteiger partial charge in [0.15, 0.2) is 0 Å². The first kappa shape index (κ1) is 31.9. The van der Waals surface area contributed by atoms with Crippen LogP contribution in [0.4, 0.5) is 0 Å². The SMILES string of the molecule is C.CC.COc1c(-c2ccc(B3OC(C)(C)C(C)(C)O3)cc2)c(=O)oc2cc(B3OC(C)(C)C(C)(C)O3)ccc12.[HH]. The van der Waals surface area contributed by atoms with Crippen LogP contribution in [0.2, 0.25) is 0 Å². The molecule has 2 saturated heterocycles. The molecule has 0 unspecified atom stereocenters. The number of hydrogen-bond donors (Lipinski definition) is 0. The van der Waals surface area contributed by atoms with Crippen LogP contribution in [-0.4, -0.2) is 43.8 Å². The molecule has 40 heavy (non-hydrogen) atoms. The lowest BCUT2D eigenvalue weighted by molar-refractivity contribution is 0.00578. The summed E-state index contributed by atoms with van der Waals surface area (Å²) in [6.45, 7) is 20.1. The molecule has 0 radical (unpaired) electrons. The second-order valence-corrected chi connectivity index (χ2v) is 11.9. The summed E-state index contributed by atoms with van der Waals surface area (Å²) in [5.74, 6) is 0.454. The van der Waals surface area contributed by atoms with Crippen LogP contribution in [0.15, 0.2) is 51.7 Å². The Kier molecular flexibility index (Phi) is 8.79. The van der Waals surface area contributed by atoms with E-state index >= 15 is 0 Å². The van der Waals surface area contributed by atoms with Gasteiger partial charge in [-0.25, -0.2) is 4.79 Å². The number of ether oxygens (including phenoxy) is 1. The summed E-state index contributed by atoms with van der Waals surface area (Å²) < 4.78 is 36.2. The van der Waals surface area contributed by atoms with E-state index in [1.807, 2.05) is 106 Å². The molecule has 5 rings (SSSR count). The van der Waals surface area contributed by atoms with Gasteiger partial charge in [0.05, 0.1) is 34.9 Å². The monoisotopic (exact) mass is 552 g/mol. The van der Waals surface area contributed by atoms with Crippen LogP contribution >= 0.6 is 0 Å². The van der Waals surface area contributed by atoms with Gasteiger partial charge in [0.1, 0.15) is 16.9 Å². The normalized spacial score (nSPS) is 20.1. The molecular formula is C31H46B2O7. The van der Waals surface area contributed by atoms with Crippen molar-refractivity contribution in [1.82, 2.24) is 0 Å². The molecule has 0 saturated carbocycles. The van der Waals surface area contributed by atoms with Gasteiger partial charge in [-0.1, -0.05) is 51.6 Å². The van der Waals surface area contributed by atoms with Crippen molar-refractivity contribution < 1.29 is 29.2 Å². The van der Waals surface area contributed by atoms with E-state index in [1.54, 1.807) is 13.2 Å². The lowest BCUT2D eigenvalue weighted by atomic mass is 9.78. The van der Waals surface area contributed by atoms with Crippen molar-refractivity contribution in [2.75, 3.05) is 7.11 Å². The molecule has 3 heterocycles. The molecule has 218 valence electrons. The molecule has 2 aliphatic rings. The third-order valence-corrected chi connectivity index (χ3v) is 8.34. The molecule has 0 atom stereocenters. The van der Waals surface area contributed by atoms with E-state index in [2.05, 4.69) is 0 Å². The highest BCUT2D eigenvalue weighted by atomic mass is 16.7. The molecule has 0 bridgehead atoms. The van der Waals surface area contributed by atoms with Gasteiger partial charge < -0.3 is 27.8 Å². The molecule has 7 nitrogen and oxygen atoms in total. The van der Waals surface area contributed by atoms with Gasteiger partial charge in [-0.2, -0.15) is 0 Å². The number of fused-ring (bicyclic) bond motifs is 1. The molecule has 2 aliphatic heterocycles. The van der Waals surface area contributed by atoms with Crippen molar-refractivity contribution in [1.29, 1.82) is 0 Å². The Bertz CT molecular complexity index is 1380. The van der Waals surface area contributed by atoms with Crippen LogP contribution in [0.5, 0.6) is 5.75 Å². The standard InChI is InChI=1S/C28H34B2O7.C2H6.CH4.H2/c1-25(2)26(3,4)35-29(34-25)18-12-10-17(11-13-18)22-23(32-9)20-15-14-19(16-21(20)33-24(22)31)30-36-27(5,6)28(7,8)37-30;1-2;;/h10-16H,1-9H3;1-2H3;1H4;1H. The van der Waals surface area contributed by atoms with Gasteiger partial charge in [-0.3, -0.25) is 0 Å². The summed E-state index contributed by atoms with van der Waals surface area (Å²) in [7, 11) is 0.508. The number of methoxy groups -OCH3 is 1. The predicted octanol–water partition coefficient (Wildman–Crippen LogP) is 5.98. The van der Waals surface area contributed by atoms with Crippen LogP contribution in [0.1, 0.15) is 78.1 Å². The first-order valence-corrected chi connectivity index (χ1v) is 13.6. The summed E-state index contributed by atoms with van der Waals surface area (Å²) in [6, 6.07) is 13.1. The zero-order valence-corrected chi connectivity index (χ0v) is 25.1. The van der Waals surface area contributed by atoms with Crippen molar-refractivity contribution in [3.05, 3.63) is 52.9 Å². The van der Waals surface area contributed by atoms with Crippen LogP contribution in [-0.2, 0) is 18.6 Å². The van der Waals surface area contributed by atoms with Gasteiger partial charge in [0.25, 0.3) is 0 Å². The van der Waals surface area contributed by atoms with Crippen molar-refractivity contribution in [2.24, 2.45) is 0 Å². The Hall–Kier alpha value is -2.58. The fourth-order valence-corrected chi connectivity index (χ4v) is 4.56. The highest BCUT2D eigenvalue weighted by Crippen LogP contribution is 2.39. The van der Waals surface area contributed by atoms with Crippen LogP contribution < -0.4 is 21.3 Å². The lowest BCUT2D eigenvalue weighted by Gasteiger charge is -2.32. The third kappa shape index (κ3) is 5.37. The molecule has 0 amide bonds. The molecule has 0 aliphatic carbocycles. The van der Waals surface area contributed by atoms with Gasteiger partial charge in [0.2, 0.25) is 0 Å². The van der Waals surface area contributed by atoms with E-state index in [4.69, 9.17) is 27.8 Å². The van der Waals surface area contributed by atoms with Crippen LogP contribution in [0.3, 0.4) is 0 Å². The van der Waals surface area contributed by atoms with E-state index in [0.717, 1.165) is 10.9 Å². The maximum Gasteiger partial charge on any atom is 0.494 e. The summed E-state index contributed by atoms with van der Waals surface area (Å²) in [5.41, 5.74) is 0.805. The summed E-state index contributed by atoms with van der Waals surface area (Å²) in [6.07, 6.45) is 0. The molecular weight excluding hydrogens is 506 g/mol. The van der Waals surface area contributed by atoms with Crippen molar-refractivity contribution in [3.8, 4) is 16.9 Å². The van der Waals surface area contributed by atoms with Gasteiger partial charge in [-0.05, 0) is 84.0 Å². The Morgan fingerprint density at radius 3 is 1.57 bits per heavy atom. The summed E-state index contributed by atoms with van der Waals surface area (Å²) >= 11 is 0. The number of benzene rings is 2. The Morgan fingerprint density at radius 2 is 1.12 bits per heavy atom. The zero-order valence-electron chi connectivity index (χ0n) is 25.1. The van der Waals surface area contributed by atoms with Crippen molar-refractivity contribution in [2.45, 2.75) is 99.1 Å². The second kappa shape index (κ2) is 11.0. The van der Waals surface area contributed by atoms with Gasteiger partial charge in [0, 0.05) is 1.43 Å². The average molecular weight is 552 g/mol. The van der Waals surface area contributed by atoms with Crippen molar-refractivity contribution >= 4 is 36.1 Å². The van der Waals surface area contributed by atoms with E-state index in [-0.39, 0.29) is 8.85 Å². The number of hydrogen-bond acceptors (Lipinski definition) is 7. The predicted molar refractivity (Wildman–Crippen MR) is 166 cm³/mol. The summed E-state index contributed by atoms with van der Waals surface area (Å²) in [4.78, 5) is 13.2. The van der Waals surface area contributed by atoms with Crippen molar-refractivity contribution in [3.63, 3.8) is 0 Å². The molecule has 2 aromatic carbocycles. The fraction of sp³-hybridized carbons (Fsp3) is 0.516. The highest BCUT2D eigenvalue weighted by molar-refractivity contribution is 6.62. The molecule has 3 aromatic rings. The van der Waals surface area contributed by atoms with Gasteiger partial charge in [-0.15, -0.1) is 0 Å². The Labute approximate surface area is 241 Å².